The summed E-state index contributed by atoms with van der Waals surface area (Å²) in [6, 6.07) is 21.2. The monoisotopic (exact) mass is 431 g/mol. The second-order valence-electron chi connectivity index (χ2n) is 8.73. The van der Waals surface area contributed by atoms with E-state index < -0.39 is 5.60 Å². The molecule has 0 radical (unpaired) electrons. The van der Waals surface area contributed by atoms with Crippen molar-refractivity contribution < 1.29 is 9.90 Å². The van der Waals surface area contributed by atoms with E-state index in [1.54, 1.807) is 12.3 Å². The molecule has 4 rings (SSSR count). The van der Waals surface area contributed by atoms with E-state index in [9.17, 15) is 14.7 Å². The molecule has 1 aromatic heterocycles. The van der Waals surface area contributed by atoms with Gasteiger partial charge in [-0.2, -0.15) is 5.10 Å². The van der Waals surface area contributed by atoms with Gasteiger partial charge in [-0.05, 0) is 29.9 Å². The van der Waals surface area contributed by atoms with Crippen molar-refractivity contribution in [2.75, 3.05) is 13.1 Å². The largest absolute Gasteiger partial charge is 0.388 e. The van der Waals surface area contributed by atoms with Crippen molar-refractivity contribution in [1.29, 1.82) is 0 Å². The number of rotatable bonds is 6. The molecule has 6 heteroatoms. The highest BCUT2D eigenvalue weighted by molar-refractivity contribution is 5.77. The lowest BCUT2D eigenvalue weighted by molar-refractivity contribution is -0.136. The Labute approximate surface area is 188 Å². The lowest BCUT2D eigenvalue weighted by Crippen LogP contribution is -2.50. The fraction of sp³-hybridized carbons (Fsp3) is 0.346. The van der Waals surface area contributed by atoms with Crippen LogP contribution in [0.15, 0.2) is 77.7 Å². The van der Waals surface area contributed by atoms with E-state index in [1.807, 2.05) is 65.6 Å². The van der Waals surface area contributed by atoms with Crippen molar-refractivity contribution in [1.82, 2.24) is 14.7 Å². The summed E-state index contributed by atoms with van der Waals surface area (Å²) >= 11 is 0. The lowest BCUT2D eigenvalue weighted by Gasteiger charge is -2.38. The van der Waals surface area contributed by atoms with Gasteiger partial charge in [0.1, 0.15) is 0 Å². The predicted molar refractivity (Wildman–Crippen MR) is 124 cm³/mol. The van der Waals surface area contributed by atoms with E-state index in [-0.39, 0.29) is 23.9 Å². The zero-order valence-corrected chi connectivity index (χ0v) is 18.4. The summed E-state index contributed by atoms with van der Waals surface area (Å²) in [5.41, 5.74) is 1.55. The van der Waals surface area contributed by atoms with Gasteiger partial charge in [0.15, 0.2) is 0 Å². The first-order valence-corrected chi connectivity index (χ1v) is 11.1. The molecular formula is C26H29N3O3. The molecule has 1 saturated heterocycles. The van der Waals surface area contributed by atoms with E-state index in [1.165, 1.54) is 4.68 Å². The number of hydrogen-bond donors (Lipinski definition) is 1. The van der Waals surface area contributed by atoms with Crippen LogP contribution in [0.5, 0.6) is 0 Å². The molecule has 2 heterocycles. The van der Waals surface area contributed by atoms with Crippen molar-refractivity contribution in [3.05, 3.63) is 88.8 Å². The molecule has 1 unspecified atom stereocenters. The van der Waals surface area contributed by atoms with Gasteiger partial charge < -0.3 is 10.0 Å². The normalized spacial score (nSPS) is 16.5. The minimum atomic E-state index is -1.05. The van der Waals surface area contributed by atoms with Crippen LogP contribution >= 0.6 is 0 Å². The second-order valence-corrected chi connectivity index (χ2v) is 8.73. The van der Waals surface area contributed by atoms with Gasteiger partial charge in [0.2, 0.25) is 5.91 Å². The van der Waals surface area contributed by atoms with Gasteiger partial charge in [-0.25, -0.2) is 4.68 Å². The highest BCUT2D eigenvalue weighted by Gasteiger charge is 2.35. The fourth-order valence-corrected chi connectivity index (χ4v) is 4.24. The van der Waals surface area contributed by atoms with E-state index in [0.29, 0.717) is 32.4 Å². The van der Waals surface area contributed by atoms with Crippen LogP contribution < -0.4 is 5.56 Å². The minimum Gasteiger partial charge on any atom is -0.388 e. The maximum absolute atomic E-state index is 12.8. The number of benzene rings is 2. The molecule has 3 aromatic rings. The van der Waals surface area contributed by atoms with Gasteiger partial charge in [-0.1, -0.05) is 67.6 Å². The SMILES string of the molecule is CC(CC(=O)N1CCC(O)(Cn2ncc(-c3ccccc3)cc2=O)CC1)c1ccccc1. The van der Waals surface area contributed by atoms with Gasteiger partial charge in [0.25, 0.3) is 5.56 Å². The number of hydrogen-bond acceptors (Lipinski definition) is 4. The molecule has 0 bridgehead atoms. The molecule has 0 spiro atoms. The summed E-state index contributed by atoms with van der Waals surface area (Å²) in [5.74, 6) is 0.251. The molecule has 0 saturated carbocycles. The summed E-state index contributed by atoms with van der Waals surface area (Å²) in [4.78, 5) is 27.2. The summed E-state index contributed by atoms with van der Waals surface area (Å²) in [6.45, 7) is 3.15. The molecule has 1 amide bonds. The number of carbonyl (C=O) groups is 1. The van der Waals surface area contributed by atoms with Crippen LogP contribution in [0.4, 0.5) is 0 Å². The van der Waals surface area contributed by atoms with Crippen molar-refractivity contribution in [2.45, 2.75) is 44.2 Å². The molecular weight excluding hydrogens is 402 g/mol. The van der Waals surface area contributed by atoms with Crippen LogP contribution in [-0.4, -0.2) is 44.4 Å². The topological polar surface area (TPSA) is 75.4 Å². The maximum atomic E-state index is 12.8. The summed E-state index contributed by atoms with van der Waals surface area (Å²) in [7, 11) is 0. The fourth-order valence-electron chi connectivity index (χ4n) is 4.24. The standard InChI is InChI=1S/C26H29N3O3/c1-20(21-8-4-2-5-9-21)16-24(30)28-14-12-26(32,13-15-28)19-29-25(31)17-23(18-27-29)22-10-6-3-7-11-22/h2-11,17-18,20,32H,12-16,19H2,1H3. The third-order valence-corrected chi connectivity index (χ3v) is 6.32. The minimum absolute atomic E-state index is 0.103. The van der Waals surface area contributed by atoms with Gasteiger partial charge in [0.05, 0.1) is 18.3 Å². The number of aliphatic hydroxyl groups is 1. The highest BCUT2D eigenvalue weighted by Crippen LogP contribution is 2.26. The molecule has 1 fully saturated rings. The van der Waals surface area contributed by atoms with Crippen LogP contribution in [0.1, 0.15) is 37.7 Å². The molecule has 1 N–H and O–H groups in total. The Bertz CT molecular complexity index is 1100. The molecule has 1 atom stereocenters. The van der Waals surface area contributed by atoms with E-state index in [0.717, 1.165) is 16.7 Å². The number of aromatic nitrogens is 2. The molecule has 2 aromatic carbocycles. The van der Waals surface area contributed by atoms with Crippen LogP contribution in [-0.2, 0) is 11.3 Å². The van der Waals surface area contributed by atoms with Crippen molar-refractivity contribution in [3.63, 3.8) is 0 Å². The first-order chi connectivity index (χ1) is 15.4. The maximum Gasteiger partial charge on any atom is 0.267 e. The predicted octanol–water partition coefficient (Wildman–Crippen LogP) is 3.46. The smallest absolute Gasteiger partial charge is 0.267 e. The average molecular weight is 432 g/mol. The van der Waals surface area contributed by atoms with E-state index in [2.05, 4.69) is 12.0 Å². The average Bonchev–Trinajstić information content (AvgIpc) is 2.82. The Balaban J connectivity index is 1.35. The summed E-state index contributed by atoms with van der Waals surface area (Å²) in [5, 5.41) is 15.3. The molecule has 166 valence electrons. The second kappa shape index (κ2) is 9.49. The Kier molecular flexibility index (Phi) is 6.51. The molecule has 32 heavy (non-hydrogen) atoms. The molecule has 1 aliphatic rings. The zero-order chi connectivity index (χ0) is 22.6. The first-order valence-electron chi connectivity index (χ1n) is 11.1. The van der Waals surface area contributed by atoms with Gasteiger partial charge in [-0.15, -0.1) is 0 Å². The Hall–Kier alpha value is -3.25. The van der Waals surface area contributed by atoms with Crippen molar-refractivity contribution in [2.24, 2.45) is 0 Å². The van der Waals surface area contributed by atoms with Crippen LogP contribution in [0.25, 0.3) is 11.1 Å². The number of likely N-dealkylation sites (tertiary alicyclic amines) is 1. The third kappa shape index (κ3) is 5.14. The lowest BCUT2D eigenvalue weighted by atomic mass is 9.90. The molecule has 6 nitrogen and oxygen atoms in total. The number of amides is 1. The van der Waals surface area contributed by atoms with Gasteiger partial charge >= 0.3 is 0 Å². The first kappa shape index (κ1) is 22.0. The van der Waals surface area contributed by atoms with Crippen LogP contribution in [0.2, 0.25) is 0 Å². The number of piperidine rings is 1. The number of carbonyl (C=O) groups excluding carboxylic acids is 1. The third-order valence-electron chi connectivity index (χ3n) is 6.32. The Morgan fingerprint density at radius 2 is 1.66 bits per heavy atom. The number of nitrogens with zero attached hydrogens (tertiary/aromatic N) is 3. The van der Waals surface area contributed by atoms with Crippen LogP contribution in [0, 0.1) is 0 Å². The van der Waals surface area contributed by atoms with Crippen molar-refractivity contribution in [3.8, 4) is 11.1 Å². The quantitative estimate of drug-likeness (QED) is 0.649. The summed E-state index contributed by atoms with van der Waals surface area (Å²) < 4.78 is 1.32. The van der Waals surface area contributed by atoms with E-state index >= 15 is 0 Å². The van der Waals surface area contributed by atoms with Crippen molar-refractivity contribution >= 4 is 5.91 Å². The van der Waals surface area contributed by atoms with Gasteiger partial charge in [0, 0.05) is 31.1 Å². The Morgan fingerprint density at radius 1 is 1.03 bits per heavy atom. The molecule has 0 aliphatic carbocycles. The Morgan fingerprint density at radius 3 is 2.28 bits per heavy atom. The van der Waals surface area contributed by atoms with Crippen LogP contribution in [0.3, 0.4) is 0 Å². The molecule has 1 aliphatic heterocycles. The summed E-state index contributed by atoms with van der Waals surface area (Å²) in [6.07, 6.45) is 2.95. The van der Waals surface area contributed by atoms with E-state index in [4.69, 9.17) is 0 Å². The highest BCUT2D eigenvalue weighted by atomic mass is 16.3. The zero-order valence-electron chi connectivity index (χ0n) is 18.4. The van der Waals surface area contributed by atoms with Gasteiger partial charge in [-0.3, -0.25) is 9.59 Å².